The maximum atomic E-state index is 12.0. The first-order valence-corrected chi connectivity index (χ1v) is 4.48. The van der Waals surface area contributed by atoms with Crippen molar-refractivity contribution in [3.63, 3.8) is 0 Å². The molecule has 0 radical (unpaired) electrons. The number of nitrogens with two attached hydrogens (primary N) is 1. The molecule has 1 atom stereocenters. The highest BCUT2D eigenvalue weighted by molar-refractivity contribution is 6.32. The molecule has 0 saturated heterocycles. The van der Waals surface area contributed by atoms with E-state index in [4.69, 9.17) is 22.1 Å². The molecule has 0 saturated carbocycles. The Balaban J connectivity index is 2.55. The maximum absolute atomic E-state index is 12.0. The summed E-state index contributed by atoms with van der Waals surface area (Å²) >= 11 is 5.67. The van der Waals surface area contributed by atoms with Crippen LogP contribution in [0.4, 0.5) is 13.2 Å². The van der Waals surface area contributed by atoms with E-state index in [-0.39, 0.29) is 10.8 Å². The zero-order chi connectivity index (χ0) is 11.5. The van der Waals surface area contributed by atoms with Gasteiger partial charge in [-0.2, -0.15) is 13.2 Å². The summed E-state index contributed by atoms with van der Waals surface area (Å²) in [4.78, 5) is 0. The van der Waals surface area contributed by atoms with E-state index in [0.29, 0.717) is 0 Å². The molecule has 0 fully saturated rings. The molecule has 84 valence electrons. The zero-order valence-corrected chi connectivity index (χ0v) is 8.35. The molecule has 15 heavy (non-hydrogen) atoms. The molecule has 1 aromatic rings. The van der Waals surface area contributed by atoms with Crippen LogP contribution in [-0.4, -0.2) is 18.8 Å². The standard InChI is InChI=1S/C9H9ClF3NO/c10-6-3-1-2-4-7(6)15-5-8(14)9(11,12)13/h1-4,8H,5,14H2. The smallest absolute Gasteiger partial charge is 0.406 e. The molecule has 0 spiro atoms. The Kier molecular flexibility index (Phi) is 3.82. The molecule has 6 heteroatoms. The van der Waals surface area contributed by atoms with Crippen LogP contribution in [0.5, 0.6) is 5.75 Å². The average Bonchev–Trinajstić information content (AvgIpc) is 2.14. The molecule has 1 unspecified atom stereocenters. The Morgan fingerprint density at radius 1 is 1.33 bits per heavy atom. The number of alkyl halides is 3. The Morgan fingerprint density at radius 3 is 2.47 bits per heavy atom. The predicted octanol–water partition coefficient (Wildman–Crippen LogP) is 2.61. The molecule has 0 aliphatic rings. The molecule has 1 aromatic carbocycles. The van der Waals surface area contributed by atoms with Crippen LogP contribution in [-0.2, 0) is 0 Å². The molecule has 0 amide bonds. The van der Waals surface area contributed by atoms with E-state index >= 15 is 0 Å². The summed E-state index contributed by atoms with van der Waals surface area (Å²) in [5.41, 5.74) is 4.86. The van der Waals surface area contributed by atoms with Crippen LogP contribution in [0.2, 0.25) is 5.02 Å². The van der Waals surface area contributed by atoms with Gasteiger partial charge in [0.25, 0.3) is 0 Å². The number of benzene rings is 1. The summed E-state index contributed by atoms with van der Waals surface area (Å²) in [6.45, 7) is -0.646. The molecule has 0 aromatic heterocycles. The normalized spacial score (nSPS) is 13.7. The highest BCUT2D eigenvalue weighted by Crippen LogP contribution is 2.25. The number of rotatable bonds is 3. The summed E-state index contributed by atoms with van der Waals surface area (Å²) in [5, 5.41) is 0.256. The van der Waals surface area contributed by atoms with Gasteiger partial charge in [0.1, 0.15) is 18.4 Å². The van der Waals surface area contributed by atoms with E-state index in [0.717, 1.165) is 0 Å². The van der Waals surface area contributed by atoms with Gasteiger partial charge in [-0.05, 0) is 12.1 Å². The lowest BCUT2D eigenvalue weighted by Crippen LogP contribution is -2.42. The lowest BCUT2D eigenvalue weighted by Gasteiger charge is -2.16. The monoisotopic (exact) mass is 239 g/mol. The van der Waals surface area contributed by atoms with Crippen LogP contribution in [0.25, 0.3) is 0 Å². The fraction of sp³-hybridized carbons (Fsp3) is 0.333. The van der Waals surface area contributed by atoms with E-state index in [1.54, 1.807) is 12.1 Å². The van der Waals surface area contributed by atoms with Crippen molar-refractivity contribution in [1.29, 1.82) is 0 Å². The Labute approximate surface area is 89.8 Å². The second-order valence-corrected chi connectivity index (χ2v) is 3.30. The van der Waals surface area contributed by atoms with Crippen LogP contribution in [0.15, 0.2) is 24.3 Å². The van der Waals surface area contributed by atoms with Gasteiger partial charge in [0.2, 0.25) is 0 Å². The number of halogens is 4. The first-order chi connectivity index (χ1) is 6.91. The van der Waals surface area contributed by atoms with Gasteiger partial charge in [0, 0.05) is 0 Å². The van der Waals surface area contributed by atoms with Crippen molar-refractivity contribution < 1.29 is 17.9 Å². The Morgan fingerprint density at radius 2 is 1.93 bits per heavy atom. The number of hydrogen-bond acceptors (Lipinski definition) is 2. The predicted molar refractivity (Wildman–Crippen MR) is 51.0 cm³/mol. The molecular weight excluding hydrogens is 231 g/mol. The number of hydrogen-bond donors (Lipinski definition) is 1. The zero-order valence-electron chi connectivity index (χ0n) is 7.59. The van der Waals surface area contributed by atoms with Crippen LogP contribution < -0.4 is 10.5 Å². The van der Waals surface area contributed by atoms with Crippen LogP contribution in [0.3, 0.4) is 0 Å². The summed E-state index contributed by atoms with van der Waals surface area (Å²) in [6.07, 6.45) is -4.46. The summed E-state index contributed by atoms with van der Waals surface area (Å²) in [7, 11) is 0. The molecular formula is C9H9ClF3NO. The first kappa shape index (κ1) is 12.1. The topological polar surface area (TPSA) is 35.2 Å². The van der Waals surface area contributed by atoms with Crippen LogP contribution >= 0.6 is 11.6 Å². The van der Waals surface area contributed by atoms with Gasteiger partial charge in [0.05, 0.1) is 5.02 Å². The second kappa shape index (κ2) is 4.72. The lowest BCUT2D eigenvalue weighted by atomic mass is 10.3. The molecule has 0 aliphatic carbocycles. The second-order valence-electron chi connectivity index (χ2n) is 2.89. The average molecular weight is 240 g/mol. The van der Waals surface area contributed by atoms with E-state index in [1.807, 2.05) is 0 Å². The molecule has 0 aliphatic heterocycles. The van der Waals surface area contributed by atoms with Gasteiger partial charge in [-0.15, -0.1) is 0 Å². The summed E-state index contributed by atoms with van der Waals surface area (Å²) < 4.78 is 40.9. The van der Waals surface area contributed by atoms with Crippen LogP contribution in [0.1, 0.15) is 0 Å². The minimum Gasteiger partial charge on any atom is -0.490 e. The van der Waals surface area contributed by atoms with Gasteiger partial charge >= 0.3 is 6.18 Å². The molecule has 2 nitrogen and oxygen atoms in total. The highest BCUT2D eigenvalue weighted by Gasteiger charge is 2.37. The van der Waals surface area contributed by atoms with Crippen molar-refractivity contribution in [2.24, 2.45) is 5.73 Å². The Hall–Kier alpha value is -0.940. The first-order valence-electron chi connectivity index (χ1n) is 4.11. The number of para-hydroxylation sites is 1. The minimum atomic E-state index is -4.46. The summed E-state index contributed by atoms with van der Waals surface area (Å²) in [5.74, 6) is 0.193. The van der Waals surface area contributed by atoms with Crippen molar-refractivity contribution in [2.45, 2.75) is 12.2 Å². The third-order valence-corrected chi connectivity index (χ3v) is 1.99. The fourth-order valence-electron chi connectivity index (χ4n) is 0.836. The quantitative estimate of drug-likeness (QED) is 0.880. The summed E-state index contributed by atoms with van der Waals surface area (Å²) in [6, 6.07) is 4.26. The van der Waals surface area contributed by atoms with E-state index < -0.39 is 18.8 Å². The molecule has 0 bridgehead atoms. The van der Waals surface area contributed by atoms with Gasteiger partial charge in [-0.3, -0.25) is 0 Å². The molecule has 2 N–H and O–H groups in total. The molecule has 0 heterocycles. The third-order valence-electron chi connectivity index (χ3n) is 1.68. The van der Waals surface area contributed by atoms with Gasteiger partial charge in [-0.25, -0.2) is 0 Å². The van der Waals surface area contributed by atoms with Crippen molar-refractivity contribution in [1.82, 2.24) is 0 Å². The fourth-order valence-corrected chi connectivity index (χ4v) is 1.03. The van der Waals surface area contributed by atoms with Crippen molar-refractivity contribution in [3.8, 4) is 5.75 Å². The van der Waals surface area contributed by atoms with Gasteiger partial charge in [-0.1, -0.05) is 23.7 Å². The van der Waals surface area contributed by atoms with Crippen LogP contribution in [0, 0.1) is 0 Å². The van der Waals surface area contributed by atoms with Crippen molar-refractivity contribution in [2.75, 3.05) is 6.61 Å². The van der Waals surface area contributed by atoms with E-state index in [2.05, 4.69) is 0 Å². The van der Waals surface area contributed by atoms with Crippen molar-refractivity contribution >= 4 is 11.6 Å². The third kappa shape index (κ3) is 3.60. The number of ether oxygens (including phenoxy) is 1. The van der Waals surface area contributed by atoms with Crippen molar-refractivity contribution in [3.05, 3.63) is 29.3 Å². The minimum absolute atomic E-state index is 0.193. The Bertz CT molecular complexity index is 329. The van der Waals surface area contributed by atoms with Gasteiger partial charge in [0.15, 0.2) is 0 Å². The highest BCUT2D eigenvalue weighted by atomic mass is 35.5. The largest absolute Gasteiger partial charge is 0.490 e. The SMILES string of the molecule is NC(COc1ccccc1Cl)C(F)(F)F. The van der Waals surface area contributed by atoms with Gasteiger partial charge < -0.3 is 10.5 Å². The van der Waals surface area contributed by atoms with E-state index in [1.165, 1.54) is 12.1 Å². The van der Waals surface area contributed by atoms with E-state index in [9.17, 15) is 13.2 Å². The molecule has 1 rings (SSSR count). The lowest BCUT2D eigenvalue weighted by molar-refractivity contribution is -0.153. The maximum Gasteiger partial charge on any atom is 0.406 e.